The lowest BCUT2D eigenvalue weighted by atomic mass is 9.87. The maximum atomic E-state index is 11.4. The Balaban J connectivity index is 2.01. The maximum absolute atomic E-state index is 11.4. The van der Waals surface area contributed by atoms with Crippen LogP contribution in [0.3, 0.4) is 0 Å². The number of hydrogen-bond donors (Lipinski definition) is 2. The molecule has 170 valence electrons. The summed E-state index contributed by atoms with van der Waals surface area (Å²) < 4.78 is 0. The summed E-state index contributed by atoms with van der Waals surface area (Å²) in [7, 11) is 0. The molecular formula is C30H38O2. The molecule has 0 radical (unpaired) electrons. The molecular weight excluding hydrogens is 392 g/mol. The van der Waals surface area contributed by atoms with E-state index in [1.807, 2.05) is 60.7 Å². The first kappa shape index (κ1) is 25.7. The standard InChI is InChI=1S/C30H38O2/c1-25(2)15-13-16-26(3)17-14-23-29(4,31)22-11-12-24-30(32,27-18-7-5-8-19-27)28-20-9-6-10-21-28/h5-10,18-21,25-26,31-32H,13-17,23H2,1-4H3. The molecule has 0 amide bonds. The molecule has 0 saturated heterocycles. The van der Waals surface area contributed by atoms with Crippen LogP contribution in [0.2, 0.25) is 0 Å². The minimum atomic E-state index is -1.45. The Morgan fingerprint density at radius 1 is 0.719 bits per heavy atom. The van der Waals surface area contributed by atoms with Crippen LogP contribution in [0.5, 0.6) is 0 Å². The van der Waals surface area contributed by atoms with E-state index in [0.29, 0.717) is 23.5 Å². The quantitative estimate of drug-likeness (QED) is 0.433. The van der Waals surface area contributed by atoms with Gasteiger partial charge in [-0.1, -0.05) is 113 Å². The monoisotopic (exact) mass is 430 g/mol. The Bertz CT molecular complexity index is 881. The van der Waals surface area contributed by atoms with E-state index in [1.54, 1.807) is 6.92 Å². The van der Waals surface area contributed by atoms with Crippen LogP contribution in [0.15, 0.2) is 60.7 Å². The van der Waals surface area contributed by atoms with Crippen molar-refractivity contribution in [3.8, 4) is 23.7 Å². The number of benzene rings is 2. The van der Waals surface area contributed by atoms with E-state index in [0.717, 1.165) is 18.8 Å². The molecule has 2 rings (SSSR count). The van der Waals surface area contributed by atoms with Gasteiger partial charge in [0.1, 0.15) is 5.60 Å². The summed E-state index contributed by atoms with van der Waals surface area (Å²) in [4.78, 5) is 0. The Morgan fingerprint density at radius 3 is 1.75 bits per heavy atom. The van der Waals surface area contributed by atoms with Crippen molar-refractivity contribution in [3.63, 3.8) is 0 Å². The molecule has 2 unspecified atom stereocenters. The number of hydrogen-bond acceptors (Lipinski definition) is 2. The van der Waals surface area contributed by atoms with Gasteiger partial charge in [-0.25, -0.2) is 0 Å². The molecule has 2 aromatic rings. The highest BCUT2D eigenvalue weighted by atomic mass is 16.3. The molecule has 2 heteroatoms. The SMILES string of the molecule is CC(C)CCCC(C)CCCC(C)(O)C#CC#CC(O)(c1ccccc1)c1ccccc1. The number of rotatable bonds is 10. The van der Waals surface area contributed by atoms with Crippen molar-refractivity contribution in [2.75, 3.05) is 0 Å². The van der Waals surface area contributed by atoms with E-state index < -0.39 is 11.2 Å². The third-order valence-electron chi connectivity index (χ3n) is 5.86. The predicted octanol–water partition coefficient (Wildman–Crippen LogP) is 6.31. The summed E-state index contributed by atoms with van der Waals surface area (Å²) in [5.74, 6) is 12.8. The second-order valence-electron chi connectivity index (χ2n) is 9.54. The van der Waals surface area contributed by atoms with Gasteiger partial charge in [-0.2, -0.15) is 0 Å². The largest absolute Gasteiger partial charge is 0.378 e. The molecule has 0 bridgehead atoms. The van der Waals surface area contributed by atoms with Crippen molar-refractivity contribution in [2.24, 2.45) is 11.8 Å². The second-order valence-corrected chi connectivity index (χ2v) is 9.54. The zero-order valence-corrected chi connectivity index (χ0v) is 20.1. The van der Waals surface area contributed by atoms with E-state index >= 15 is 0 Å². The van der Waals surface area contributed by atoms with Crippen molar-refractivity contribution in [2.45, 2.75) is 77.4 Å². The topological polar surface area (TPSA) is 40.5 Å². The Morgan fingerprint density at radius 2 is 1.22 bits per heavy atom. The van der Waals surface area contributed by atoms with E-state index in [-0.39, 0.29) is 0 Å². The van der Waals surface area contributed by atoms with Gasteiger partial charge in [-0.05, 0) is 49.4 Å². The van der Waals surface area contributed by atoms with Gasteiger partial charge in [0.2, 0.25) is 0 Å². The van der Waals surface area contributed by atoms with Crippen LogP contribution in [0, 0.1) is 35.5 Å². The third-order valence-corrected chi connectivity index (χ3v) is 5.86. The highest BCUT2D eigenvalue weighted by molar-refractivity contribution is 5.46. The van der Waals surface area contributed by atoms with Gasteiger partial charge < -0.3 is 10.2 Å². The predicted molar refractivity (Wildman–Crippen MR) is 134 cm³/mol. The van der Waals surface area contributed by atoms with Crippen molar-refractivity contribution in [1.82, 2.24) is 0 Å². The van der Waals surface area contributed by atoms with Crippen LogP contribution in [-0.2, 0) is 5.60 Å². The summed E-state index contributed by atoms with van der Waals surface area (Å²) in [6.07, 6.45) is 6.47. The normalized spacial score (nSPS) is 14.0. The fraction of sp³-hybridized carbons (Fsp3) is 0.467. The first-order chi connectivity index (χ1) is 15.2. The van der Waals surface area contributed by atoms with Crippen LogP contribution in [0.25, 0.3) is 0 Å². The molecule has 0 fully saturated rings. The molecule has 32 heavy (non-hydrogen) atoms. The summed E-state index contributed by atoms with van der Waals surface area (Å²) in [5, 5.41) is 22.0. The molecule has 0 heterocycles. The lowest BCUT2D eigenvalue weighted by Crippen LogP contribution is -2.25. The van der Waals surface area contributed by atoms with Crippen molar-refractivity contribution < 1.29 is 10.2 Å². The van der Waals surface area contributed by atoms with Crippen LogP contribution in [0.4, 0.5) is 0 Å². The number of aliphatic hydroxyl groups is 2. The van der Waals surface area contributed by atoms with Crippen LogP contribution >= 0.6 is 0 Å². The summed E-state index contributed by atoms with van der Waals surface area (Å²) >= 11 is 0. The average molecular weight is 431 g/mol. The lowest BCUT2D eigenvalue weighted by Gasteiger charge is -2.23. The Hall–Kier alpha value is -2.52. The van der Waals surface area contributed by atoms with Crippen LogP contribution < -0.4 is 0 Å². The van der Waals surface area contributed by atoms with Crippen LogP contribution in [0.1, 0.15) is 77.3 Å². The highest BCUT2D eigenvalue weighted by Gasteiger charge is 2.29. The van der Waals surface area contributed by atoms with E-state index in [1.165, 1.54) is 19.3 Å². The zero-order valence-electron chi connectivity index (χ0n) is 20.1. The summed E-state index contributed by atoms with van der Waals surface area (Å²) in [6.45, 7) is 8.57. The van der Waals surface area contributed by atoms with E-state index in [9.17, 15) is 10.2 Å². The van der Waals surface area contributed by atoms with Gasteiger partial charge >= 0.3 is 0 Å². The minimum absolute atomic E-state index is 0.623. The van der Waals surface area contributed by atoms with E-state index in [2.05, 4.69) is 44.5 Å². The van der Waals surface area contributed by atoms with Gasteiger partial charge in [-0.15, -0.1) is 0 Å². The minimum Gasteiger partial charge on any atom is -0.378 e. The van der Waals surface area contributed by atoms with Gasteiger partial charge in [0.15, 0.2) is 5.60 Å². The average Bonchev–Trinajstić information content (AvgIpc) is 2.77. The smallest absolute Gasteiger partial charge is 0.177 e. The molecule has 0 aliphatic carbocycles. The molecule has 0 saturated carbocycles. The van der Waals surface area contributed by atoms with Gasteiger partial charge in [0.25, 0.3) is 0 Å². The van der Waals surface area contributed by atoms with Crippen molar-refractivity contribution in [3.05, 3.63) is 71.8 Å². The van der Waals surface area contributed by atoms with Gasteiger partial charge in [0.05, 0.1) is 0 Å². The third kappa shape index (κ3) is 8.55. The maximum Gasteiger partial charge on any atom is 0.177 e. The molecule has 0 aromatic heterocycles. The molecule has 2 atom stereocenters. The summed E-state index contributed by atoms with van der Waals surface area (Å²) in [6, 6.07) is 18.8. The second kappa shape index (κ2) is 12.5. The fourth-order valence-electron chi connectivity index (χ4n) is 3.83. The van der Waals surface area contributed by atoms with Crippen LogP contribution in [-0.4, -0.2) is 15.8 Å². The van der Waals surface area contributed by atoms with Gasteiger partial charge in [0, 0.05) is 11.1 Å². The highest BCUT2D eigenvalue weighted by Crippen LogP contribution is 2.28. The van der Waals surface area contributed by atoms with Gasteiger partial charge in [-0.3, -0.25) is 0 Å². The molecule has 0 aliphatic heterocycles. The molecule has 2 aromatic carbocycles. The summed E-state index contributed by atoms with van der Waals surface area (Å²) in [5.41, 5.74) is -1.14. The molecule has 0 aliphatic rings. The lowest BCUT2D eigenvalue weighted by molar-refractivity contribution is 0.107. The molecule has 2 N–H and O–H groups in total. The fourth-order valence-corrected chi connectivity index (χ4v) is 3.83. The first-order valence-electron chi connectivity index (χ1n) is 11.8. The molecule has 0 spiro atoms. The molecule has 2 nitrogen and oxygen atoms in total. The Kier molecular flexibility index (Phi) is 10.1. The van der Waals surface area contributed by atoms with E-state index in [4.69, 9.17) is 0 Å². The Labute approximate surface area is 195 Å². The first-order valence-corrected chi connectivity index (χ1v) is 11.8. The zero-order chi connectivity index (χ0) is 23.5. The van der Waals surface area contributed by atoms with Crippen molar-refractivity contribution in [1.29, 1.82) is 0 Å². The van der Waals surface area contributed by atoms with Crippen molar-refractivity contribution >= 4 is 0 Å².